The minimum absolute atomic E-state index is 0.00782. The standard InChI is InChI=1S/C32H30F3N5O2/c1-2-22-25(34)8-7-19-13-21(41)14-23(26(19)22)28-27(35)29-24(16-36-28)30(39-10-4-3-5-11-39)38-31(37-29)42-18-32-9-6-12-40(32)17-20(33)15-32/h1,7-8,13-14,16,20,41H,3-6,9-12,15,17-18H2/t20-,32+/m1/s1/i3D2,4D2,5D2,10D2,11D2. The number of pyridine rings is 1. The first-order valence-corrected chi connectivity index (χ1v) is 13.2. The van der Waals surface area contributed by atoms with E-state index in [0.717, 1.165) is 24.8 Å². The highest BCUT2D eigenvalue weighted by Gasteiger charge is 2.49. The number of ether oxygens (including phenoxy) is 1. The van der Waals surface area contributed by atoms with E-state index in [1.807, 2.05) is 4.90 Å². The molecule has 0 spiro atoms. The molecule has 0 saturated carbocycles. The number of rotatable bonds is 5. The van der Waals surface area contributed by atoms with Gasteiger partial charge in [0.15, 0.2) is 5.82 Å². The lowest BCUT2D eigenvalue weighted by Crippen LogP contribution is -2.43. The topological polar surface area (TPSA) is 74.6 Å². The fourth-order valence-electron chi connectivity index (χ4n) is 6.18. The fourth-order valence-corrected chi connectivity index (χ4v) is 6.18. The van der Waals surface area contributed by atoms with Crippen molar-refractivity contribution in [1.29, 1.82) is 0 Å². The monoisotopic (exact) mass is 583 g/mol. The van der Waals surface area contributed by atoms with Crippen LogP contribution in [0.4, 0.5) is 19.0 Å². The van der Waals surface area contributed by atoms with Crippen molar-refractivity contribution in [2.24, 2.45) is 0 Å². The van der Waals surface area contributed by atoms with Crippen LogP contribution in [0.2, 0.25) is 0 Å². The summed E-state index contributed by atoms with van der Waals surface area (Å²) in [6.07, 6.45) is -4.59. The summed E-state index contributed by atoms with van der Waals surface area (Å²) < 4.78 is 138. The van der Waals surface area contributed by atoms with Crippen LogP contribution in [0.1, 0.15) is 57.7 Å². The van der Waals surface area contributed by atoms with Gasteiger partial charge in [0.2, 0.25) is 0 Å². The van der Waals surface area contributed by atoms with E-state index in [9.17, 15) is 13.9 Å². The van der Waals surface area contributed by atoms with Gasteiger partial charge in [-0.15, -0.1) is 6.42 Å². The molecule has 0 bridgehead atoms. The zero-order valence-electron chi connectivity index (χ0n) is 32.0. The van der Waals surface area contributed by atoms with E-state index in [4.69, 9.17) is 24.9 Å². The first-order chi connectivity index (χ1) is 24.1. The number of hydrogen-bond acceptors (Lipinski definition) is 7. The molecule has 0 aliphatic carbocycles. The van der Waals surface area contributed by atoms with Crippen molar-refractivity contribution in [1.82, 2.24) is 19.9 Å². The Morgan fingerprint density at radius 2 is 2.02 bits per heavy atom. The van der Waals surface area contributed by atoms with Crippen LogP contribution >= 0.6 is 0 Å². The molecule has 4 aromatic rings. The second-order valence-corrected chi connectivity index (χ2v) is 10.5. The maximum Gasteiger partial charge on any atom is 0.319 e. The Kier molecular flexibility index (Phi) is 4.36. The maximum atomic E-state index is 17.0. The predicted molar refractivity (Wildman–Crippen MR) is 154 cm³/mol. The molecule has 5 heterocycles. The summed E-state index contributed by atoms with van der Waals surface area (Å²) in [6, 6.07) is 4.02. The number of nitrogens with zero attached hydrogens (tertiary/aromatic N) is 5. The number of halogens is 3. The summed E-state index contributed by atoms with van der Waals surface area (Å²) >= 11 is 0. The average Bonchev–Trinajstić information content (AvgIpc) is 3.58. The van der Waals surface area contributed by atoms with Crippen LogP contribution in [0.15, 0.2) is 30.5 Å². The predicted octanol–water partition coefficient (Wildman–Crippen LogP) is 5.76. The Balaban J connectivity index is 1.49. The number of terminal acetylenes is 1. The smallest absolute Gasteiger partial charge is 0.319 e. The second kappa shape index (κ2) is 10.3. The van der Waals surface area contributed by atoms with Crippen molar-refractivity contribution in [2.45, 2.75) is 50.1 Å². The summed E-state index contributed by atoms with van der Waals surface area (Å²) in [4.78, 5) is 14.3. The number of piperidine rings is 1. The van der Waals surface area contributed by atoms with Crippen molar-refractivity contribution < 1.29 is 36.7 Å². The Labute approximate surface area is 255 Å². The van der Waals surface area contributed by atoms with Gasteiger partial charge in [-0.05, 0) is 62.1 Å². The first kappa shape index (κ1) is 17.8. The van der Waals surface area contributed by atoms with Crippen molar-refractivity contribution >= 4 is 27.5 Å². The highest BCUT2D eigenvalue weighted by molar-refractivity contribution is 6.03. The second-order valence-electron chi connectivity index (χ2n) is 10.5. The van der Waals surface area contributed by atoms with E-state index in [1.54, 1.807) is 0 Å². The molecule has 7 rings (SSSR count). The highest BCUT2D eigenvalue weighted by atomic mass is 19.1. The van der Waals surface area contributed by atoms with Gasteiger partial charge in [-0.1, -0.05) is 12.0 Å². The first-order valence-electron chi connectivity index (χ1n) is 18.2. The number of alkyl halides is 1. The molecule has 3 saturated heterocycles. The minimum Gasteiger partial charge on any atom is -0.508 e. The number of hydrogen-bond donors (Lipinski definition) is 1. The van der Waals surface area contributed by atoms with Gasteiger partial charge in [-0.3, -0.25) is 9.88 Å². The molecule has 216 valence electrons. The van der Waals surface area contributed by atoms with E-state index < -0.39 is 83.9 Å². The number of aromatic hydroxyl groups is 1. The lowest BCUT2D eigenvalue weighted by atomic mass is 9.95. The Morgan fingerprint density at radius 3 is 2.83 bits per heavy atom. The van der Waals surface area contributed by atoms with Gasteiger partial charge in [0.05, 0.1) is 16.5 Å². The van der Waals surface area contributed by atoms with Crippen molar-refractivity contribution in [3.05, 3.63) is 47.7 Å². The summed E-state index contributed by atoms with van der Waals surface area (Å²) in [6.45, 7) is -6.91. The lowest BCUT2D eigenvalue weighted by Gasteiger charge is -2.31. The molecular weight excluding hydrogens is 543 g/mol. The minimum atomic E-state index is -3.75. The molecule has 3 fully saturated rings. The van der Waals surface area contributed by atoms with Crippen LogP contribution in [0, 0.1) is 24.0 Å². The molecule has 0 amide bonds. The van der Waals surface area contributed by atoms with Crippen molar-refractivity contribution in [3.63, 3.8) is 0 Å². The van der Waals surface area contributed by atoms with Gasteiger partial charge in [0.1, 0.15) is 41.4 Å². The van der Waals surface area contributed by atoms with Crippen LogP contribution in [-0.4, -0.2) is 69.4 Å². The van der Waals surface area contributed by atoms with Crippen molar-refractivity contribution in [2.75, 3.05) is 37.6 Å². The van der Waals surface area contributed by atoms with Gasteiger partial charge in [0, 0.05) is 56.8 Å². The van der Waals surface area contributed by atoms with Crippen LogP contribution in [0.25, 0.3) is 32.9 Å². The van der Waals surface area contributed by atoms with Crippen molar-refractivity contribution in [3.8, 4) is 35.4 Å². The fraction of sp³-hybridized carbons (Fsp3) is 0.406. The summed E-state index contributed by atoms with van der Waals surface area (Å²) in [7, 11) is 0. The third kappa shape index (κ3) is 4.38. The zero-order valence-corrected chi connectivity index (χ0v) is 22.0. The molecule has 2 atom stereocenters. The summed E-state index contributed by atoms with van der Waals surface area (Å²) in [5.74, 6) is -1.21. The van der Waals surface area contributed by atoms with Gasteiger partial charge in [0.25, 0.3) is 0 Å². The number of aromatic nitrogens is 3. The van der Waals surface area contributed by atoms with Gasteiger partial charge < -0.3 is 14.7 Å². The molecule has 42 heavy (non-hydrogen) atoms. The molecule has 0 radical (unpaired) electrons. The van der Waals surface area contributed by atoms with E-state index in [0.29, 0.717) is 13.0 Å². The van der Waals surface area contributed by atoms with E-state index >= 15 is 4.39 Å². The quantitative estimate of drug-likeness (QED) is 0.300. The molecular formula is C32H30F3N5O2. The Hall–Kier alpha value is -4.10. The molecule has 2 aromatic heterocycles. The Bertz CT molecular complexity index is 2170. The van der Waals surface area contributed by atoms with E-state index in [1.165, 1.54) is 12.1 Å². The number of benzene rings is 2. The van der Waals surface area contributed by atoms with E-state index in [-0.39, 0.29) is 52.1 Å². The number of phenols is 1. The van der Waals surface area contributed by atoms with Crippen LogP contribution in [-0.2, 0) is 0 Å². The molecule has 3 aliphatic heterocycles. The molecule has 1 N–H and O–H groups in total. The Morgan fingerprint density at radius 1 is 1.19 bits per heavy atom. The average molecular weight is 584 g/mol. The molecule has 10 heteroatoms. The third-order valence-electron chi connectivity index (χ3n) is 8.00. The van der Waals surface area contributed by atoms with Gasteiger partial charge >= 0.3 is 6.01 Å². The summed E-state index contributed by atoms with van der Waals surface area (Å²) in [5.41, 5.74) is -2.52. The molecule has 3 aliphatic rings. The number of fused-ring (bicyclic) bond motifs is 3. The van der Waals surface area contributed by atoms with Crippen LogP contribution in [0.5, 0.6) is 11.8 Å². The zero-order chi connectivity index (χ0) is 38.0. The number of phenolic OH excluding ortho intramolecular Hbond substituents is 1. The normalized spacial score (nSPS) is 32.0. The van der Waals surface area contributed by atoms with Gasteiger partial charge in [-0.25, -0.2) is 13.2 Å². The lowest BCUT2D eigenvalue weighted by molar-refractivity contribution is 0.107. The highest BCUT2D eigenvalue weighted by Crippen LogP contribution is 2.42. The third-order valence-corrected chi connectivity index (χ3v) is 8.00. The molecule has 2 aromatic carbocycles. The van der Waals surface area contributed by atoms with Gasteiger partial charge in [-0.2, -0.15) is 9.97 Å². The molecule has 7 nitrogen and oxygen atoms in total. The van der Waals surface area contributed by atoms with Crippen LogP contribution in [0.3, 0.4) is 0 Å². The molecule has 0 unspecified atom stereocenters. The number of anilines is 1. The maximum absolute atomic E-state index is 17.0. The largest absolute Gasteiger partial charge is 0.508 e. The SMILES string of the molecule is [2H]C1([2H])N(c2nc(OC[C@@]34CCCN3C[C@H](F)C4)nc3c(F)c(-c4cc(O)cc5ccc(F)c(C#C)c45)ncc23)C([2H])([2H])C([2H])([2H])C([2H])([2H])C1([2H])[2H]. The van der Waals surface area contributed by atoms with E-state index in [2.05, 4.69) is 20.9 Å². The summed E-state index contributed by atoms with van der Waals surface area (Å²) in [5, 5.41) is 10.2. The van der Waals surface area contributed by atoms with Crippen LogP contribution < -0.4 is 9.64 Å².